The van der Waals surface area contributed by atoms with Crippen molar-refractivity contribution in [1.29, 1.82) is 0 Å². The summed E-state index contributed by atoms with van der Waals surface area (Å²) < 4.78 is 33.2. The molecule has 0 radical (unpaired) electrons. The summed E-state index contributed by atoms with van der Waals surface area (Å²) in [5.74, 6) is 1.01. The number of morpholine rings is 1. The van der Waals surface area contributed by atoms with Crippen molar-refractivity contribution >= 4 is 10.2 Å². The number of hydrogen-bond donors (Lipinski definition) is 1. The molecule has 0 bridgehead atoms. The molecule has 0 aromatic rings. The van der Waals surface area contributed by atoms with Crippen LogP contribution in [0.15, 0.2) is 0 Å². The zero-order chi connectivity index (χ0) is 11.9. The summed E-state index contributed by atoms with van der Waals surface area (Å²) >= 11 is 0. The number of rotatable bonds is 2. The van der Waals surface area contributed by atoms with E-state index in [0.717, 1.165) is 13.1 Å². The first kappa shape index (κ1) is 11.9. The molecule has 6 nitrogen and oxygen atoms in total. The van der Waals surface area contributed by atoms with E-state index in [-0.39, 0.29) is 0 Å². The Morgan fingerprint density at radius 2 is 1.59 bits per heavy atom. The Hall–Kier alpha value is -0.210. The van der Waals surface area contributed by atoms with Gasteiger partial charge in [0, 0.05) is 26.2 Å². The van der Waals surface area contributed by atoms with Crippen LogP contribution in [0.3, 0.4) is 0 Å². The van der Waals surface area contributed by atoms with E-state index in [4.69, 9.17) is 4.74 Å². The molecule has 3 heterocycles. The molecular formula is C10H19N3O3S. The van der Waals surface area contributed by atoms with Crippen molar-refractivity contribution < 1.29 is 13.2 Å². The summed E-state index contributed by atoms with van der Waals surface area (Å²) in [4.78, 5) is 0. The number of fused-ring (bicyclic) bond motifs is 1. The van der Waals surface area contributed by atoms with E-state index >= 15 is 0 Å². The molecule has 0 saturated carbocycles. The highest BCUT2D eigenvalue weighted by Gasteiger charge is 2.43. The lowest BCUT2D eigenvalue weighted by Gasteiger charge is -2.30. The number of nitrogens with one attached hydrogen (secondary N) is 1. The summed E-state index contributed by atoms with van der Waals surface area (Å²) in [5, 5.41) is 3.32. The Kier molecular flexibility index (Phi) is 3.12. The Morgan fingerprint density at radius 1 is 1.00 bits per heavy atom. The minimum Gasteiger partial charge on any atom is -0.379 e. The van der Waals surface area contributed by atoms with E-state index in [2.05, 4.69) is 5.32 Å². The van der Waals surface area contributed by atoms with Crippen molar-refractivity contribution in [3.8, 4) is 0 Å². The van der Waals surface area contributed by atoms with Gasteiger partial charge in [0.25, 0.3) is 10.2 Å². The largest absolute Gasteiger partial charge is 0.379 e. The van der Waals surface area contributed by atoms with Crippen molar-refractivity contribution in [3.63, 3.8) is 0 Å². The third kappa shape index (κ3) is 2.10. The first-order valence-corrected chi connectivity index (χ1v) is 7.61. The van der Waals surface area contributed by atoms with Crippen LogP contribution in [0.4, 0.5) is 0 Å². The van der Waals surface area contributed by atoms with Crippen molar-refractivity contribution in [2.75, 3.05) is 52.5 Å². The first-order chi connectivity index (χ1) is 8.18. The van der Waals surface area contributed by atoms with Gasteiger partial charge in [0.05, 0.1) is 13.2 Å². The van der Waals surface area contributed by atoms with E-state index < -0.39 is 10.2 Å². The van der Waals surface area contributed by atoms with Crippen LogP contribution in [0.2, 0.25) is 0 Å². The van der Waals surface area contributed by atoms with Crippen LogP contribution < -0.4 is 5.32 Å². The molecule has 17 heavy (non-hydrogen) atoms. The molecule has 3 aliphatic rings. The van der Waals surface area contributed by atoms with Crippen LogP contribution >= 0.6 is 0 Å². The van der Waals surface area contributed by atoms with Gasteiger partial charge >= 0.3 is 0 Å². The van der Waals surface area contributed by atoms with E-state index in [9.17, 15) is 8.42 Å². The van der Waals surface area contributed by atoms with E-state index in [1.54, 1.807) is 8.61 Å². The Morgan fingerprint density at radius 3 is 2.18 bits per heavy atom. The van der Waals surface area contributed by atoms with Crippen molar-refractivity contribution in [3.05, 3.63) is 0 Å². The molecule has 0 amide bonds. The zero-order valence-corrected chi connectivity index (χ0v) is 10.7. The van der Waals surface area contributed by atoms with E-state index in [1.807, 2.05) is 0 Å². The fourth-order valence-corrected chi connectivity index (χ4v) is 4.64. The molecule has 2 atom stereocenters. The molecule has 0 aromatic carbocycles. The second-order valence-electron chi connectivity index (χ2n) is 5.01. The fraction of sp³-hybridized carbons (Fsp3) is 1.00. The molecule has 0 aromatic heterocycles. The van der Waals surface area contributed by atoms with E-state index in [1.165, 1.54) is 0 Å². The highest BCUT2D eigenvalue weighted by Crippen LogP contribution is 2.29. The number of hydrogen-bond acceptors (Lipinski definition) is 4. The van der Waals surface area contributed by atoms with Gasteiger partial charge in [-0.2, -0.15) is 17.0 Å². The molecule has 3 saturated heterocycles. The maximum Gasteiger partial charge on any atom is 0.282 e. The third-order valence-electron chi connectivity index (χ3n) is 3.98. The van der Waals surface area contributed by atoms with Gasteiger partial charge in [-0.3, -0.25) is 0 Å². The maximum atomic E-state index is 12.4. The molecule has 3 rings (SSSR count). The van der Waals surface area contributed by atoms with Gasteiger partial charge in [0.1, 0.15) is 0 Å². The van der Waals surface area contributed by atoms with Gasteiger partial charge in [-0.25, -0.2) is 0 Å². The number of nitrogens with zero attached hydrogens (tertiary/aromatic N) is 2. The van der Waals surface area contributed by atoms with Gasteiger partial charge in [-0.1, -0.05) is 0 Å². The van der Waals surface area contributed by atoms with Crippen LogP contribution in [-0.2, 0) is 14.9 Å². The van der Waals surface area contributed by atoms with Crippen molar-refractivity contribution in [2.24, 2.45) is 11.8 Å². The van der Waals surface area contributed by atoms with Gasteiger partial charge < -0.3 is 10.1 Å². The third-order valence-corrected chi connectivity index (χ3v) is 5.95. The molecule has 0 aliphatic carbocycles. The highest BCUT2D eigenvalue weighted by atomic mass is 32.2. The molecule has 7 heteroatoms. The van der Waals surface area contributed by atoms with E-state index in [0.29, 0.717) is 51.2 Å². The zero-order valence-electron chi connectivity index (χ0n) is 9.84. The topological polar surface area (TPSA) is 61.9 Å². The SMILES string of the molecule is O=S(=O)(N1CCOCC1)N1C[C@H]2CNC[C@H]2C1. The summed E-state index contributed by atoms with van der Waals surface area (Å²) in [6.45, 7) is 5.29. The van der Waals surface area contributed by atoms with Crippen LogP contribution in [0.5, 0.6) is 0 Å². The lowest BCUT2D eigenvalue weighted by molar-refractivity contribution is 0.0704. The standard InChI is InChI=1S/C10H19N3O3S/c14-17(15,12-1-3-16-4-2-12)13-7-9-5-11-6-10(9)8-13/h9-11H,1-8H2/t9-,10+. The highest BCUT2D eigenvalue weighted by molar-refractivity contribution is 7.86. The van der Waals surface area contributed by atoms with Crippen LogP contribution in [0, 0.1) is 11.8 Å². The normalized spacial score (nSPS) is 36.2. The Bertz CT molecular complexity index is 368. The Labute approximate surface area is 102 Å². The lowest BCUT2D eigenvalue weighted by Crippen LogP contribution is -2.48. The fourth-order valence-electron chi connectivity index (χ4n) is 2.94. The summed E-state index contributed by atoms with van der Waals surface area (Å²) in [6.07, 6.45) is 0. The molecule has 98 valence electrons. The summed E-state index contributed by atoms with van der Waals surface area (Å²) in [5.41, 5.74) is 0. The average Bonchev–Trinajstić information content (AvgIpc) is 2.90. The predicted octanol–water partition coefficient (Wildman–Crippen LogP) is -1.29. The minimum atomic E-state index is -3.24. The second-order valence-corrected chi connectivity index (χ2v) is 6.94. The summed E-state index contributed by atoms with van der Waals surface area (Å²) in [6, 6.07) is 0. The first-order valence-electron chi connectivity index (χ1n) is 6.21. The molecule has 3 fully saturated rings. The molecule has 3 aliphatic heterocycles. The number of ether oxygens (including phenoxy) is 1. The van der Waals surface area contributed by atoms with Crippen molar-refractivity contribution in [2.45, 2.75) is 0 Å². The monoisotopic (exact) mass is 261 g/mol. The Balaban J connectivity index is 1.70. The van der Waals surface area contributed by atoms with Crippen LogP contribution in [-0.4, -0.2) is 69.5 Å². The maximum absolute atomic E-state index is 12.4. The molecule has 0 spiro atoms. The smallest absolute Gasteiger partial charge is 0.282 e. The van der Waals surface area contributed by atoms with Crippen LogP contribution in [0.25, 0.3) is 0 Å². The molecule has 0 unspecified atom stereocenters. The second kappa shape index (κ2) is 4.47. The van der Waals surface area contributed by atoms with Gasteiger partial charge in [-0.15, -0.1) is 0 Å². The van der Waals surface area contributed by atoms with Gasteiger partial charge in [-0.05, 0) is 24.9 Å². The predicted molar refractivity (Wildman–Crippen MR) is 62.7 cm³/mol. The van der Waals surface area contributed by atoms with Crippen molar-refractivity contribution in [1.82, 2.24) is 13.9 Å². The average molecular weight is 261 g/mol. The lowest BCUT2D eigenvalue weighted by atomic mass is 10.0. The quantitative estimate of drug-likeness (QED) is 0.672. The minimum absolute atomic E-state index is 0.492. The van der Waals surface area contributed by atoms with Gasteiger partial charge in [0.15, 0.2) is 0 Å². The van der Waals surface area contributed by atoms with Crippen LogP contribution in [0.1, 0.15) is 0 Å². The van der Waals surface area contributed by atoms with Gasteiger partial charge in [0.2, 0.25) is 0 Å². The summed E-state index contributed by atoms with van der Waals surface area (Å²) in [7, 11) is -3.24. The molecular weight excluding hydrogens is 242 g/mol. The molecule has 1 N–H and O–H groups in total.